The van der Waals surface area contributed by atoms with Crippen molar-refractivity contribution in [2.24, 2.45) is 5.92 Å². The molecule has 6 nitrogen and oxygen atoms in total. The first kappa shape index (κ1) is 17.9. The third-order valence-corrected chi connectivity index (χ3v) is 7.19. The van der Waals surface area contributed by atoms with Gasteiger partial charge in [-0.15, -0.1) is 0 Å². The lowest BCUT2D eigenvalue weighted by Gasteiger charge is -2.26. The lowest BCUT2D eigenvalue weighted by Crippen LogP contribution is -2.49. The predicted octanol–water partition coefficient (Wildman–Crippen LogP) is 1.35. The van der Waals surface area contributed by atoms with E-state index in [0.29, 0.717) is 13.0 Å². The van der Waals surface area contributed by atoms with Crippen molar-refractivity contribution in [2.45, 2.75) is 39.2 Å². The predicted molar refractivity (Wildman–Crippen MR) is 96.2 cm³/mol. The summed E-state index contributed by atoms with van der Waals surface area (Å²) in [4.78, 5) is 26.7. The molecule has 2 fully saturated rings. The van der Waals surface area contributed by atoms with E-state index in [9.17, 15) is 18.0 Å². The zero-order valence-electron chi connectivity index (χ0n) is 14.8. The minimum atomic E-state index is -3.09. The number of hydrogen-bond donors (Lipinski definition) is 1. The molecule has 0 aliphatic carbocycles. The minimum absolute atomic E-state index is 0.0346. The number of aryl methyl sites for hydroxylation is 1. The highest BCUT2D eigenvalue weighted by atomic mass is 32.2. The Labute approximate surface area is 148 Å². The van der Waals surface area contributed by atoms with E-state index in [2.05, 4.69) is 5.32 Å². The van der Waals surface area contributed by atoms with Crippen LogP contribution in [0.25, 0.3) is 0 Å². The van der Waals surface area contributed by atoms with Crippen LogP contribution in [-0.4, -0.2) is 43.8 Å². The second-order valence-electron chi connectivity index (χ2n) is 7.52. The van der Waals surface area contributed by atoms with Crippen molar-refractivity contribution >= 4 is 27.3 Å². The Morgan fingerprint density at radius 2 is 2.04 bits per heavy atom. The van der Waals surface area contributed by atoms with E-state index in [-0.39, 0.29) is 29.7 Å². The van der Waals surface area contributed by atoms with E-state index in [1.807, 2.05) is 32.0 Å². The Morgan fingerprint density at radius 1 is 1.32 bits per heavy atom. The lowest BCUT2D eigenvalue weighted by atomic mass is 9.99. The summed E-state index contributed by atoms with van der Waals surface area (Å²) in [5, 5.41) is 2.87. The molecule has 0 saturated carbocycles. The fraction of sp³-hybridized carbons (Fsp3) is 0.556. The van der Waals surface area contributed by atoms with Crippen molar-refractivity contribution in [3.63, 3.8) is 0 Å². The van der Waals surface area contributed by atoms with Gasteiger partial charge in [0.15, 0.2) is 9.84 Å². The largest absolute Gasteiger partial charge is 0.350 e. The van der Waals surface area contributed by atoms with Gasteiger partial charge in [0.1, 0.15) is 0 Å². The van der Waals surface area contributed by atoms with Crippen molar-refractivity contribution in [1.29, 1.82) is 0 Å². The number of benzene rings is 1. The van der Waals surface area contributed by atoms with Crippen molar-refractivity contribution < 1.29 is 18.0 Å². The Bertz CT molecular complexity index is 833. The molecule has 136 valence electrons. The molecule has 0 spiro atoms. The molecule has 1 N–H and O–H groups in total. The summed E-state index contributed by atoms with van der Waals surface area (Å²) in [6.45, 7) is 6.05. The molecule has 2 heterocycles. The summed E-state index contributed by atoms with van der Waals surface area (Å²) in [7, 11) is -3.09. The van der Waals surface area contributed by atoms with Crippen LogP contribution in [-0.2, 0) is 19.4 Å². The Hall–Kier alpha value is -1.89. The zero-order chi connectivity index (χ0) is 18.4. The van der Waals surface area contributed by atoms with E-state index in [0.717, 1.165) is 16.8 Å². The van der Waals surface area contributed by atoms with Crippen LogP contribution in [0.15, 0.2) is 18.2 Å². The van der Waals surface area contributed by atoms with Gasteiger partial charge in [0.2, 0.25) is 11.8 Å². The van der Waals surface area contributed by atoms with Crippen LogP contribution in [0, 0.1) is 19.8 Å². The van der Waals surface area contributed by atoms with Crippen LogP contribution in [0.3, 0.4) is 0 Å². The quantitative estimate of drug-likeness (QED) is 0.877. The molecule has 2 aliphatic rings. The number of carbonyl (C=O) groups excluding carboxylic acids is 2. The normalized spacial score (nSPS) is 28.4. The molecule has 25 heavy (non-hydrogen) atoms. The first-order valence-electron chi connectivity index (χ1n) is 8.49. The average molecular weight is 364 g/mol. The van der Waals surface area contributed by atoms with Crippen molar-refractivity contribution in [2.75, 3.05) is 23.0 Å². The second kappa shape index (κ2) is 6.12. The van der Waals surface area contributed by atoms with Gasteiger partial charge in [-0.2, -0.15) is 0 Å². The van der Waals surface area contributed by atoms with Gasteiger partial charge in [-0.3, -0.25) is 9.59 Å². The van der Waals surface area contributed by atoms with Crippen molar-refractivity contribution in [1.82, 2.24) is 5.32 Å². The van der Waals surface area contributed by atoms with Crippen LogP contribution in [0.4, 0.5) is 5.69 Å². The Morgan fingerprint density at radius 3 is 2.68 bits per heavy atom. The number of hydrogen-bond acceptors (Lipinski definition) is 4. The summed E-state index contributed by atoms with van der Waals surface area (Å²) in [6.07, 6.45) is 0.574. The first-order valence-corrected chi connectivity index (χ1v) is 10.3. The fourth-order valence-corrected chi connectivity index (χ4v) is 5.75. The Balaban J connectivity index is 1.72. The maximum absolute atomic E-state index is 12.6. The summed E-state index contributed by atoms with van der Waals surface area (Å²) >= 11 is 0. The van der Waals surface area contributed by atoms with Crippen LogP contribution >= 0.6 is 0 Å². The molecule has 0 bridgehead atoms. The number of nitrogens with one attached hydrogen (secondary N) is 1. The lowest BCUT2D eigenvalue weighted by molar-refractivity contribution is -0.127. The monoisotopic (exact) mass is 364 g/mol. The number of carbonyl (C=O) groups is 2. The van der Waals surface area contributed by atoms with E-state index < -0.39 is 21.3 Å². The van der Waals surface area contributed by atoms with Crippen LogP contribution in [0.5, 0.6) is 0 Å². The molecule has 2 atom stereocenters. The zero-order valence-corrected chi connectivity index (χ0v) is 15.6. The van der Waals surface area contributed by atoms with Crippen LogP contribution < -0.4 is 10.2 Å². The van der Waals surface area contributed by atoms with E-state index in [4.69, 9.17) is 0 Å². The smallest absolute Gasteiger partial charge is 0.227 e. The van der Waals surface area contributed by atoms with Gasteiger partial charge in [0.25, 0.3) is 0 Å². The minimum Gasteiger partial charge on any atom is -0.350 e. The first-order chi connectivity index (χ1) is 11.6. The maximum Gasteiger partial charge on any atom is 0.227 e. The van der Waals surface area contributed by atoms with E-state index in [1.54, 1.807) is 11.8 Å². The maximum atomic E-state index is 12.6. The number of sulfone groups is 1. The van der Waals surface area contributed by atoms with E-state index >= 15 is 0 Å². The number of anilines is 1. The highest BCUT2D eigenvalue weighted by Gasteiger charge is 2.42. The van der Waals surface area contributed by atoms with Gasteiger partial charge in [-0.05, 0) is 44.4 Å². The van der Waals surface area contributed by atoms with Crippen molar-refractivity contribution in [3.8, 4) is 0 Å². The molecule has 2 amide bonds. The molecule has 2 saturated heterocycles. The molecule has 2 unspecified atom stereocenters. The molecule has 1 aromatic carbocycles. The third-order valence-electron chi connectivity index (χ3n) is 5.29. The van der Waals surface area contributed by atoms with Crippen molar-refractivity contribution in [3.05, 3.63) is 29.3 Å². The van der Waals surface area contributed by atoms with Gasteiger partial charge in [0.05, 0.1) is 23.0 Å². The Kier molecular flexibility index (Phi) is 4.39. The highest BCUT2D eigenvalue weighted by Crippen LogP contribution is 2.30. The highest BCUT2D eigenvalue weighted by molar-refractivity contribution is 7.91. The third kappa shape index (κ3) is 3.56. The van der Waals surface area contributed by atoms with Gasteiger partial charge < -0.3 is 10.2 Å². The SMILES string of the molecule is Cc1cccc(N2CC(C(=O)NC3(C)CCS(=O)(=O)C3)CC2=O)c1C. The molecule has 7 heteroatoms. The number of amides is 2. The molecule has 1 aromatic rings. The number of rotatable bonds is 3. The van der Waals surface area contributed by atoms with E-state index in [1.165, 1.54) is 0 Å². The molecular formula is C18H24N2O4S. The van der Waals surface area contributed by atoms with Gasteiger partial charge >= 0.3 is 0 Å². The van der Waals surface area contributed by atoms with Gasteiger partial charge in [-0.25, -0.2) is 8.42 Å². The van der Waals surface area contributed by atoms with Crippen LogP contribution in [0.1, 0.15) is 30.9 Å². The summed E-state index contributed by atoms with van der Waals surface area (Å²) in [5.41, 5.74) is 2.24. The van der Waals surface area contributed by atoms with Gasteiger partial charge in [0, 0.05) is 18.7 Å². The standard InChI is InChI=1S/C18H24N2O4S/c1-12-5-4-6-15(13(12)2)20-10-14(9-16(20)21)17(22)19-18(3)7-8-25(23,24)11-18/h4-6,14H,7-11H2,1-3H3,(H,19,22). The summed E-state index contributed by atoms with van der Waals surface area (Å²) in [5.74, 6) is -0.693. The number of nitrogens with zero attached hydrogens (tertiary/aromatic N) is 1. The fourth-order valence-electron chi connectivity index (χ4n) is 3.65. The average Bonchev–Trinajstić information content (AvgIpc) is 3.02. The summed E-state index contributed by atoms with van der Waals surface area (Å²) in [6, 6.07) is 5.79. The topological polar surface area (TPSA) is 83.6 Å². The molecule has 0 radical (unpaired) electrons. The molecular weight excluding hydrogens is 340 g/mol. The molecule has 0 aromatic heterocycles. The van der Waals surface area contributed by atoms with Gasteiger partial charge in [-0.1, -0.05) is 12.1 Å². The second-order valence-corrected chi connectivity index (χ2v) is 9.70. The molecule has 2 aliphatic heterocycles. The summed E-state index contributed by atoms with van der Waals surface area (Å²) < 4.78 is 23.4. The van der Waals surface area contributed by atoms with Crippen LogP contribution in [0.2, 0.25) is 0 Å². The molecule has 3 rings (SSSR count).